The molecule has 4 heteroatoms. The zero-order chi connectivity index (χ0) is 15.9. The summed E-state index contributed by atoms with van der Waals surface area (Å²) in [5.74, 6) is 1.14. The van der Waals surface area contributed by atoms with Crippen LogP contribution in [0.15, 0.2) is 42.7 Å². The quantitative estimate of drug-likeness (QED) is 0.817. The first kappa shape index (κ1) is 16.3. The van der Waals surface area contributed by atoms with Gasteiger partial charge in [0.1, 0.15) is 5.75 Å². The third kappa shape index (κ3) is 3.98. The van der Waals surface area contributed by atoms with Crippen LogP contribution in [0.2, 0.25) is 0 Å². The van der Waals surface area contributed by atoms with Crippen molar-refractivity contribution in [1.82, 2.24) is 4.98 Å². The van der Waals surface area contributed by atoms with E-state index in [4.69, 9.17) is 4.74 Å². The van der Waals surface area contributed by atoms with E-state index in [1.165, 1.54) is 0 Å². The zero-order valence-corrected chi connectivity index (χ0v) is 13.4. The molecule has 1 atom stereocenters. The van der Waals surface area contributed by atoms with E-state index in [0.29, 0.717) is 12.5 Å². The fraction of sp³-hybridized carbons (Fsp3) is 0.389. The highest BCUT2D eigenvalue weighted by Crippen LogP contribution is 2.29. The normalized spacial score (nSPS) is 12.2. The molecule has 0 fully saturated rings. The minimum Gasteiger partial charge on any atom is -0.494 e. The second-order valence-electron chi connectivity index (χ2n) is 5.57. The Hall–Kier alpha value is -2.07. The van der Waals surface area contributed by atoms with Gasteiger partial charge in [-0.05, 0) is 42.7 Å². The maximum absolute atomic E-state index is 9.51. The van der Waals surface area contributed by atoms with Gasteiger partial charge in [-0.3, -0.25) is 4.98 Å². The highest BCUT2D eigenvalue weighted by atomic mass is 16.5. The molecule has 4 nitrogen and oxygen atoms in total. The van der Waals surface area contributed by atoms with E-state index in [0.717, 1.165) is 22.6 Å². The van der Waals surface area contributed by atoms with Gasteiger partial charge in [0.05, 0.1) is 19.3 Å². The molecule has 2 rings (SSSR count). The van der Waals surface area contributed by atoms with Crippen LogP contribution in [0.5, 0.6) is 5.75 Å². The van der Waals surface area contributed by atoms with Crippen LogP contribution in [0.4, 0.5) is 5.69 Å². The Kier molecular flexibility index (Phi) is 5.78. The molecular formula is C18H24N2O2. The van der Waals surface area contributed by atoms with E-state index < -0.39 is 0 Å². The van der Waals surface area contributed by atoms with Crippen molar-refractivity contribution in [1.29, 1.82) is 0 Å². The molecule has 0 bridgehead atoms. The number of nitrogens with one attached hydrogen (secondary N) is 1. The number of nitrogens with zero attached hydrogens (tertiary/aromatic N) is 1. The van der Waals surface area contributed by atoms with Gasteiger partial charge in [-0.15, -0.1) is 0 Å². The molecule has 0 saturated heterocycles. The van der Waals surface area contributed by atoms with Crippen LogP contribution >= 0.6 is 0 Å². The standard InChI is InChI=1S/C18H24N2O2/c1-4-22-17-8-7-16(10-15(17)12-21)20-18(13(2)3)14-6-5-9-19-11-14/h5-11,13,18,20-21H,4,12H2,1-3H3. The summed E-state index contributed by atoms with van der Waals surface area (Å²) in [6.07, 6.45) is 3.67. The highest BCUT2D eigenvalue weighted by molar-refractivity contribution is 5.52. The number of aromatic nitrogens is 1. The summed E-state index contributed by atoms with van der Waals surface area (Å²) >= 11 is 0. The molecule has 0 radical (unpaired) electrons. The van der Waals surface area contributed by atoms with Gasteiger partial charge in [0.25, 0.3) is 0 Å². The van der Waals surface area contributed by atoms with Crippen molar-refractivity contribution in [2.75, 3.05) is 11.9 Å². The molecule has 118 valence electrons. The van der Waals surface area contributed by atoms with Crippen molar-refractivity contribution < 1.29 is 9.84 Å². The fourth-order valence-electron chi connectivity index (χ4n) is 2.46. The number of anilines is 1. The number of ether oxygens (including phenoxy) is 1. The van der Waals surface area contributed by atoms with Crippen molar-refractivity contribution in [3.05, 3.63) is 53.9 Å². The summed E-state index contributed by atoms with van der Waals surface area (Å²) in [5, 5.41) is 13.0. The van der Waals surface area contributed by atoms with Gasteiger partial charge in [-0.1, -0.05) is 19.9 Å². The van der Waals surface area contributed by atoms with E-state index in [1.54, 1.807) is 6.20 Å². The van der Waals surface area contributed by atoms with Crippen LogP contribution in [-0.2, 0) is 6.61 Å². The third-order valence-electron chi connectivity index (χ3n) is 3.56. The summed E-state index contributed by atoms with van der Waals surface area (Å²) in [6, 6.07) is 10.0. The molecule has 1 aromatic carbocycles. The highest BCUT2D eigenvalue weighted by Gasteiger charge is 2.16. The van der Waals surface area contributed by atoms with Crippen LogP contribution in [0.3, 0.4) is 0 Å². The molecule has 1 aromatic heterocycles. The minimum absolute atomic E-state index is 0.0376. The maximum atomic E-state index is 9.51. The molecule has 2 aromatic rings. The van der Waals surface area contributed by atoms with Crippen molar-refractivity contribution >= 4 is 5.69 Å². The molecule has 0 amide bonds. The Bertz CT molecular complexity index is 585. The monoisotopic (exact) mass is 300 g/mol. The van der Waals surface area contributed by atoms with E-state index in [-0.39, 0.29) is 12.6 Å². The summed E-state index contributed by atoms with van der Waals surface area (Å²) < 4.78 is 5.52. The summed E-state index contributed by atoms with van der Waals surface area (Å²) in [5.41, 5.74) is 2.91. The van der Waals surface area contributed by atoms with Gasteiger partial charge in [0.2, 0.25) is 0 Å². The summed E-state index contributed by atoms with van der Waals surface area (Å²) in [7, 11) is 0. The number of hydrogen-bond donors (Lipinski definition) is 2. The SMILES string of the molecule is CCOc1ccc(NC(c2cccnc2)C(C)C)cc1CO. The molecule has 1 unspecified atom stereocenters. The van der Waals surface area contributed by atoms with Gasteiger partial charge in [0, 0.05) is 23.6 Å². The molecule has 1 heterocycles. The lowest BCUT2D eigenvalue weighted by molar-refractivity contribution is 0.267. The van der Waals surface area contributed by atoms with E-state index in [9.17, 15) is 5.11 Å². The van der Waals surface area contributed by atoms with Crippen LogP contribution in [0.25, 0.3) is 0 Å². The number of aliphatic hydroxyl groups excluding tert-OH is 1. The lowest BCUT2D eigenvalue weighted by Crippen LogP contribution is -2.17. The average Bonchev–Trinajstić information content (AvgIpc) is 2.54. The summed E-state index contributed by atoms with van der Waals surface area (Å²) in [6.45, 7) is 6.83. The predicted octanol–water partition coefficient (Wildman–Crippen LogP) is 3.78. The van der Waals surface area contributed by atoms with E-state index in [2.05, 4.69) is 30.2 Å². The molecule has 2 N–H and O–H groups in total. The Balaban J connectivity index is 2.23. The van der Waals surface area contributed by atoms with Crippen LogP contribution in [0.1, 0.15) is 37.9 Å². The topological polar surface area (TPSA) is 54.4 Å². The third-order valence-corrected chi connectivity index (χ3v) is 3.56. The Labute approximate surface area is 132 Å². The molecule has 0 aliphatic heterocycles. The lowest BCUT2D eigenvalue weighted by atomic mass is 9.97. The minimum atomic E-state index is -0.0376. The van der Waals surface area contributed by atoms with Crippen LogP contribution < -0.4 is 10.1 Å². The van der Waals surface area contributed by atoms with Crippen molar-refractivity contribution in [3.63, 3.8) is 0 Å². The first-order chi connectivity index (χ1) is 10.7. The number of hydrogen-bond acceptors (Lipinski definition) is 4. The number of rotatable bonds is 7. The maximum Gasteiger partial charge on any atom is 0.124 e. The second kappa shape index (κ2) is 7.80. The van der Waals surface area contributed by atoms with E-state index in [1.807, 2.05) is 37.4 Å². The van der Waals surface area contributed by atoms with Crippen LogP contribution in [-0.4, -0.2) is 16.7 Å². The first-order valence-electron chi connectivity index (χ1n) is 7.68. The molecular weight excluding hydrogens is 276 g/mol. The predicted molar refractivity (Wildman–Crippen MR) is 89.0 cm³/mol. The van der Waals surface area contributed by atoms with E-state index >= 15 is 0 Å². The molecule has 0 spiro atoms. The summed E-state index contributed by atoms with van der Waals surface area (Å²) in [4.78, 5) is 4.20. The van der Waals surface area contributed by atoms with Crippen molar-refractivity contribution in [2.45, 2.75) is 33.4 Å². The first-order valence-corrected chi connectivity index (χ1v) is 7.68. The van der Waals surface area contributed by atoms with Crippen molar-refractivity contribution in [3.8, 4) is 5.75 Å². The number of aliphatic hydroxyl groups is 1. The second-order valence-corrected chi connectivity index (χ2v) is 5.57. The van der Waals surface area contributed by atoms with Gasteiger partial charge < -0.3 is 15.2 Å². The zero-order valence-electron chi connectivity index (χ0n) is 13.4. The Morgan fingerprint density at radius 2 is 2.09 bits per heavy atom. The lowest BCUT2D eigenvalue weighted by Gasteiger charge is -2.24. The largest absolute Gasteiger partial charge is 0.494 e. The molecule has 22 heavy (non-hydrogen) atoms. The van der Waals surface area contributed by atoms with Gasteiger partial charge >= 0.3 is 0 Å². The van der Waals surface area contributed by atoms with Crippen molar-refractivity contribution in [2.24, 2.45) is 5.92 Å². The van der Waals surface area contributed by atoms with Crippen LogP contribution in [0, 0.1) is 5.92 Å². The van der Waals surface area contributed by atoms with Gasteiger partial charge in [-0.25, -0.2) is 0 Å². The fourth-order valence-corrected chi connectivity index (χ4v) is 2.46. The molecule has 0 saturated carbocycles. The molecule has 0 aliphatic carbocycles. The number of pyridine rings is 1. The molecule has 0 aliphatic rings. The smallest absolute Gasteiger partial charge is 0.124 e. The Morgan fingerprint density at radius 3 is 2.68 bits per heavy atom. The van der Waals surface area contributed by atoms with Gasteiger partial charge in [0.15, 0.2) is 0 Å². The average molecular weight is 300 g/mol. The Morgan fingerprint density at radius 1 is 1.27 bits per heavy atom. The van der Waals surface area contributed by atoms with Gasteiger partial charge in [-0.2, -0.15) is 0 Å². The number of benzene rings is 1.